The summed E-state index contributed by atoms with van der Waals surface area (Å²) in [4.78, 5) is 13.1. The van der Waals surface area contributed by atoms with Crippen LogP contribution >= 0.6 is 11.6 Å². The summed E-state index contributed by atoms with van der Waals surface area (Å²) < 4.78 is 4.91. The second kappa shape index (κ2) is 5.61. The maximum atomic E-state index is 11.6. The number of carbonyl (C=O) groups is 1. The third-order valence-corrected chi connectivity index (χ3v) is 1.96. The van der Waals surface area contributed by atoms with Crippen molar-refractivity contribution in [1.82, 2.24) is 0 Å². The van der Waals surface area contributed by atoms with Gasteiger partial charge in [-0.05, 0) is 26.0 Å². The summed E-state index contributed by atoms with van der Waals surface area (Å²) in [5, 5.41) is 0. The Bertz CT molecular complexity index is 314. The highest BCUT2D eigenvalue weighted by Gasteiger charge is 2.16. The molecule has 0 saturated carbocycles. The van der Waals surface area contributed by atoms with E-state index in [1.807, 2.05) is 37.3 Å². The number of halogens is 1. The number of hydrogen-bond donors (Lipinski definition) is 0. The van der Waals surface area contributed by atoms with Gasteiger partial charge in [-0.25, -0.2) is 4.79 Å². The van der Waals surface area contributed by atoms with Crippen molar-refractivity contribution in [2.75, 3.05) is 11.4 Å². The van der Waals surface area contributed by atoms with E-state index in [-0.39, 0.29) is 0 Å². The van der Waals surface area contributed by atoms with Gasteiger partial charge in [-0.1, -0.05) is 29.8 Å². The average molecular weight is 228 g/mol. The Balaban J connectivity index is 2.76. The summed E-state index contributed by atoms with van der Waals surface area (Å²) in [6, 6.07) is 9.34. The topological polar surface area (TPSA) is 29.5 Å². The Morgan fingerprint density at radius 2 is 2.07 bits per heavy atom. The highest BCUT2D eigenvalue weighted by atomic mass is 35.5. The monoisotopic (exact) mass is 227 g/mol. The van der Waals surface area contributed by atoms with Crippen LogP contribution in [0.3, 0.4) is 0 Å². The third kappa shape index (κ3) is 3.44. The van der Waals surface area contributed by atoms with E-state index in [9.17, 15) is 4.79 Å². The van der Waals surface area contributed by atoms with Crippen molar-refractivity contribution in [3.8, 4) is 0 Å². The predicted molar refractivity (Wildman–Crippen MR) is 61.3 cm³/mol. The average Bonchev–Trinajstić information content (AvgIpc) is 2.19. The summed E-state index contributed by atoms with van der Waals surface area (Å²) in [6.07, 6.45) is -0.425. The summed E-state index contributed by atoms with van der Waals surface area (Å²) in [5.41, 5.74) is 0.192. The van der Waals surface area contributed by atoms with E-state index < -0.39 is 11.7 Å². The minimum absolute atomic E-state index is 0.425. The third-order valence-electron chi connectivity index (χ3n) is 1.87. The van der Waals surface area contributed by atoms with Crippen molar-refractivity contribution in [3.63, 3.8) is 0 Å². The molecule has 0 radical (unpaired) electrons. The van der Waals surface area contributed by atoms with Crippen LogP contribution in [0.25, 0.3) is 0 Å². The lowest BCUT2D eigenvalue weighted by atomic mass is 10.3. The number of benzene rings is 1. The van der Waals surface area contributed by atoms with Crippen molar-refractivity contribution in [2.45, 2.75) is 19.4 Å². The molecule has 15 heavy (non-hydrogen) atoms. The van der Waals surface area contributed by atoms with Crippen LogP contribution in [0.1, 0.15) is 13.8 Å². The highest BCUT2D eigenvalue weighted by Crippen LogP contribution is 2.15. The molecule has 1 atom stereocenters. The number of anilines is 1. The molecule has 0 aliphatic carbocycles. The quantitative estimate of drug-likeness (QED) is 0.742. The van der Waals surface area contributed by atoms with Crippen LogP contribution in [0.2, 0.25) is 0 Å². The van der Waals surface area contributed by atoms with Gasteiger partial charge in [0, 0.05) is 12.2 Å². The van der Waals surface area contributed by atoms with Crippen molar-refractivity contribution in [3.05, 3.63) is 30.3 Å². The van der Waals surface area contributed by atoms with Crippen molar-refractivity contribution >= 4 is 23.4 Å². The maximum absolute atomic E-state index is 11.6. The molecule has 0 aliphatic heterocycles. The molecule has 4 heteroatoms. The van der Waals surface area contributed by atoms with Gasteiger partial charge in [-0.3, -0.25) is 4.90 Å². The Morgan fingerprint density at radius 3 is 2.53 bits per heavy atom. The maximum Gasteiger partial charge on any atom is 0.415 e. The molecule has 0 aromatic heterocycles. The summed E-state index contributed by atoms with van der Waals surface area (Å²) in [7, 11) is 0. The van der Waals surface area contributed by atoms with E-state index in [1.165, 1.54) is 4.90 Å². The molecule has 1 aromatic carbocycles. The molecule has 0 heterocycles. The van der Waals surface area contributed by atoms with Crippen molar-refractivity contribution in [1.29, 1.82) is 0 Å². The summed E-state index contributed by atoms with van der Waals surface area (Å²) in [5.74, 6) is 0. The molecule has 82 valence electrons. The van der Waals surface area contributed by atoms with E-state index >= 15 is 0 Å². The van der Waals surface area contributed by atoms with Gasteiger partial charge < -0.3 is 4.74 Å². The fourth-order valence-corrected chi connectivity index (χ4v) is 1.30. The fraction of sp³-hybridized carbons (Fsp3) is 0.364. The Hall–Kier alpha value is -1.22. The molecule has 0 fully saturated rings. The van der Waals surface area contributed by atoms with E-state index in [1.54, 1.807) is 6.92 Å². The zero-order chi connectivity index (χ0) is 11.3. The van der Waals surface area contributed by atoms with Crippen molar-refractivity contribution < 1.29 is 9.53 Å². The molecule has 0 spiro atoms. The molecular weight excluding hydrogens is 214 g/mol. The minimum Gasteiger partial charge on any atom is -0.430 e. The van der Waals surface area contributed by atoms with Gasteiger partial charge in [0.1, 0.15) is 0 Å². The standard InChI is InChI=1S/C11H14ClNO2/c1-3-13(11(14)15-9(2)12)10-7-5-4-6-8-10/h4-9H,3H2,1-2H3/t9-/m0/s1. The molecule has 1 aromatic rings. The number of amides is 1. The largest absolute Gasteiger partial charge is 0.430 e. The predicted octanol–water partition coefficient (Wildman–Crippen LogP) is 3.23. The summed E-state index contributed by atoms with van der Waals surface area (Å²) >= 11 is 5.59. The summed E-state index contributed by atoms with van der Waals surface area (Å²) in [6.45, 7) is 4.04. The lowest BCUT2D eigenvalue weighted by molar-refractivity contribution is 0.146. The lowest BCUT2D eigenvalue weighted by Gasteiger charge is -2.21. The van der Waals surface area contributed by atoms with Crippen molar-refractivity contribution in [2.24, 2.45) is 0 Å². The number of hydrogen-bond acceptors (Lipinski definition) is 2. The molecule has 0 unspecified atom stereocenters. The number of alkyl halides is 1. The number of nitrogens with zero attached hydrogens (tertiary/aromatic N) is 1. The zero-order valence-electron chi connectivity index (χ0n) is 8.81. The highest BCUT2D eigenvalue weighted by molar-refractivity contribution is 6.20. The second-order valence-corrected chi connectivity index (χ2v) is 3.62. The second-order valence-electron chi connectivity index (χ2n) is 3.01. The Morgan fingerprint density at radius 1 is 1.47 bits per heavy atom. The van der Waals surface area contributed by atoms with Crippen LogP contribution in [0, 0.1) is 0 Å². The van der Waals surface area contributed by atoms with E-state index in [0.717, 1.165) is 5.69 Å². The molecule has 0 N–H and O–H groups in total. The first-order chi connectivity index (χ1) is 7.15. The first-order valence-corrected chi connectivity index (χ1v) is 5.26. The number of ether oxygens (including phenoxy) is 1. The minimum atomic E-state index is -0.615. The van der Waals surface area contributed by atoms with Gasteiger partial charge in [0.25, 0.3) is 0 Å². The number of carbonyl (C=O) groups excluding carboxylic acids is 1. The van der Waals surface area contributed by atoms with Crippen LogP contribution < -0.4 is 4.90 Å². The van der Waals surface area contributed by atoms with Gasteiger partial charge >= 0.3 is 6.09 Å². The molecule has 1 rings (SSSR count). The molecule has 0 saturated heterocycles. The molecule has 0 aliphatic rings. The first-order valence-electron chi connectivity index (χ1n) is 4.82. The smallest absolute Gasteiger partial charge is 0.415 e. The SMILES string of the molecule is CCN(C(=O)O[C@@H](C)Cl)c1ccccc1. The Kier molecular flexibility index (Phi) is 4.43. The number of rotatable bonds is 3. The van der Waals surface area contributed by atoms with Crippen LogP contribution in [0.5, 0.6) is 0 Å². The fourth-order valence-electron chi connectivity index (χ4n) is 1.23. The van der Waals surface area contributed by atoms with Crippen LogP contribution in [0.4, 0.5) is 10.5 Å². The van der Waals surface area contributed by atoms with Crippen LogP contribution in [0.15, 0.2) is 30.3 Å². The molecular formula is C11H14ClNO2. The first kappa shape index (κ1) is 11.9. The van der Waals surface area contributed by atoms with Gasteiger partial charge in [0.15, 0.2) is 5.56 Å². The normalized spacial score (nSPS) is 11.9. The van der Waals surface area contributed by atoms with Gasteiger partial charge in [0.05, 0.1) is 0 Å². The van der Waals surface area contributed by atoms with Crippen LogP contribution in [-0.4, -0.2) is 18.2 Å². The van der Waals surface area contributed by atoms with Crippen LogP contribution in [-0.2, 0) is 4.74 Å². The van der Waals surface area contributed by atoms with Gasteiger partial charge in [-0.2, -0.15) is 0 Å². The van der Waals surface area contributed by atoms with E-state index in [4.69, 9.17) is 16.3 Å². The number of para-hydroxylation sites is 1. The van der Waals surface area contributed by atoms with Gasteiger partial charge in [0.2, 0.25) is 0 Å². The lowest BCUT2D eigenvalue weighted by Crippen LogP contribution is -2.32. The Labute approximate surface area is 94.6 Å². The van der Waals surface area contributed by atoms with E-state index in [0.29, 0.717) is 6.54 Å². The van der Waals surface area contributed by atoms with E-state index in [2.05, 4.69) is 0 Å². The molecule has 0 bridgehead atoms. The molecule has 1 amide bonds. The van der Waals surface area contributed by atoms with Gasteiger partial charge in [-0.15, -0.1) is 0 Å². The molecule has 3 nitrogen and oxygen atoms in total. The zero-order valence-corrected chi connectivity index (χ0v) is 9.57.